The molecule has 2 aromatic rings. The van der Waals surface area contributed by atoms with Crippen LogP contribution in [0.2, 0.25) is 0 Å². The minimum absolute atomic E-state index is 0.0528. The molecule has 8 nitrogen and oxygen atoms in total. The molecular formula is C17H12BrN3O5. The molecular weight excluding hydrogens is 406 g/mol. The van der Waals surface area contributed by atoms with Gasteiger partial charge in [-0.2, -0.15) is 0 Å². The van der Waals surface area contributed by atoms with Gasteiger partial charge in [0.05, 0.1) is 21.7 Å². The average Bonchev–Trinajstić information content (AvgIpc) is 2.86. The minimum Gasteiger partial charge on any atom is -0.325 e. The molecule has 1 aliphatic rings. The third-order valence-electron chi connectivity index (χ3n) is 3.88. The van der Waals surface area contributed by atoms with Gasteiger partial charge < -0.3 is 5.32 Å². The number of rotatable bonds is 5. The monoisotopic (exact) mass is 417 g/mol. The van der Waals surface area contributed by atoms with Crippen LogP contribution < -0.4 is 5.32 Å². The van der Waals surface area contributed by atoms with E-state index < -0.39 is 22.6 Å². The van der Waals surface area contributed by atoms with E-state index in [1.807, 2.05) is 0 Å². The highest BCUT2D eigenvalue weighted by molar-refractivity contribution is 9.10. The Morgan fingerprint density at radius 1 is 1.12 bits per heavy atom. The Morgan fingerprint density at radius 3 is 2.27 bits per heavy atom. The minimum atomic E-state index is -0.543. The maximum Gasteiger partial charge on any atom is 0.270 e. The van der Waals surface area contributed by atoms with Crippen molar-refractivity contribution in [1.29, 1.82) is 0 Å². The first-order valence-corrected chi connectivity index (χ1v) is 8.37. The van der Waals surface area contributed by atoms with Crippen molar-refractivity contribution in [2.75, 3.05) is 11.9 Å². The lowest BCUT2D eigenvalue weighted by Crippen LogP contribution is -2.32. The summed E-state index contributed by atoms with van der Waals surface area (Å²) >= 11 is 3.16. The number of hydrogen-bond acceptors (Lipinski definition) is 5. The zero-order chi connectivity index (χ0) is 18.8. The molecule has 0 saturated carbocycles. The smallest absolute Gasteiger partial charge is 0.270 e. The molecule has 1 aliphatic heterocycles. The SMILES string of the molecule is O=C(CCN1C(=O)c2ccccc2C1=O)Nc1ccc([N+](=O)[O-])cc1Br. The fourth-order valence-electron chi connectivity index (χ4n) is 2.59. The van der Waals surface area contributed by atoms with Gasteiger partial charge in [-0.25, -0.2) is 0 Å². The number of carbonyl (C=O) groups excluding carboxylic acids is 3. The summed E-state index contributed by atoms with van der Waals surface area (Å²) in [5.41, 5.74) is 0.913. The Labute approximate surface area is 156 Å². The zero-order valence-electron chi connectivity index (χ0n) is 13.3. The van der Waals surface area contributed by atoms with E-state index in [1.165, 1.54) is 18.2 Å². The molecule has 1 heterocycles. The number of benzene rings is 2. The number of imide groups is 1. The number of non-ortho nitro benzene ring substituents is 1. The van der Waals surface area contributed by atoms with Crippen LogP contribution in [0.5, 0.6) is 0 Å². The Bertz CT molecular complexity index is 909. The van der Waals surface area contributed by atoms with E-state index in [-0.39, 0.29) is 18.7 Å². The predicted molar refractivity (Wildman–Crippen MR) is 95.9 cm³/mol. The fraction of sp³-hybridized carbons (Fsp3) is 0.118. The third kappa shape index (κ3) is 3.33. The van der Waals surface area contributed by atoms with Gasteiger partial charge in [-0.3, -0.25) is 29.4 Å². The standard InChI is InChI=1S/C17H12BrN3O5/c18-13-9-10(21(25)26)5-6-14(13)19-15(22)7-8-20-16(23)11-3-1-2-4-12(11)17(20)24/h1-6,9H,7-8H2,(H,19,22). The Balaban J connectivity index is 1.63. The van der Waals surface area contributed by atoms with Crippen LogP contribution in [0.1, 0.15) is 27.1 Å². The number of nitro groups is 1. The second kappa shape index (κ2) is 7.04. The molecule has 0 bridgehead atoms. The van der Waals surface area contributed by atoms with Crippen LogP contribution in [0.3, 0.4) is 0 Å². The number of nitro benzene ring substituents is 1. The number of hydrogen-bond donors (Lipinski definition) is 1. The first kappa shape index (κ1) is 17.7. The second-order valence-electron chi connectivity index (χ2n) is 5.53. The highest BCUT2D eigenvalue weighted by atomic mass is 79.9. The van der Waals surface area contributed by atoms with Crippen LogP contribution in [0, 0.1) is 10.1 Å². The van der Waals surface area contributed by atoms with Crippen LogP contribution in [0.4, 0.5) is 11.4 Å². The van der Waals surface area contributed by atoms with Crippen molar-refractivity contribution in [2.45, 2.75) is 6.42 Å². The molecule has 2 aromatic carbocycles. The molecule has 3 rings (SSSR count). The molecule has 26 heavy (non-hydrogen) atoms. The number of amides is 3. The summed E-state index contributed by atoms with van der Waals surface area (Å²) in [7, 11) is 0. The summed E-state index contributed by atoms with van der Waals surface area (Å²) in [6.07, 6.45) is -0.0884. The molecule has 0 atom stereocenters. The van der Waals surface area contributed by atoms with Gasteiger partial charge in [-0.15, -0.1) is 0 Å². The Hall–Kier alpha value is -3.07. The van der Waals surface area contributed by atoms with Crippen LogP contribution in [-0.2, 0) is 4.79 Å². The van der Waals surface area contributed by atoms with Gasteiger partial charge in [0.1, 0.15) is 0 Å². The molecule has 0 unspecified atom stereocenters. The van der Waals surface area contributed by atoms with E-state index in [9.17, 15) is 24.5 Å². The van der Waals surface area contributed by atoms with Gasteiger partial charge in [0.15, 0.2) is 0 Å². The summed E-state index contributed by atoms with van der Waals surface area (Å²) in [4.78, 5) is 47.8. The number of anilines is 1. The van der Waals surface area contributed by atoms with Gasteiger partial charge in [-0.05, 0) is 34.1 Å². The molecule has 0 radical (unpaired) electrons. The van der Waals surface area contributed by atoms with Gasteiger partial charge >= 0.3 is 0 Å². The lowest BCUT2D eigenvalue weighted by Gasteiger charge is -2.14. The highest BCUT2D eigenvalue weighted by Crippen LogP contribution is 2.27. The number of carbonyl (C=O) groups is 3. The number of halogens is 1. The van der Waals surface area contributed by atoms with E-state index in [2.05, 4.69) is 21.2 Å². The van der Waals surface area contributed by atoms with E-state index in [1.54, 1.807) is 24.3 Å². The summed E-state index contributed by atoms with van der Waals surface area (Å²) in [6, 6.07) is 10.4. The summed E-state index contributed by atoms with van der Waals surface area (Å²) < 4.78 is 0.362. The summed E-state index contributed by atoms with van der Waals surface area (Å²) in [5.74, 6) is -1.26. The summed E-state index contributed by atoms with van der Waals surface area (Å²) in [5, 5.41) is 13.3. The average molecular weight is 418 g/mol. The predicted octanol–water partition coefficient (Wildman–Crippen LogP) is 2.98. The molecule has 0 spiro atoms. The lowest BCUT2D eigenvalue weighted by atomic mass is 10.1. The maximum atomic E-state index is 12.2. The molecule has 0 aliphatic carbocycles. The van der Waals surface area contributed by atoms with Crippen molar-refractivity contribution >= 4 is 45.0 Å². The Kier molecular flexibility index (Phi) is 4.81. The molecule has 9 heteroatoms. The summed E-state index contributed by atoms with van der Waals surface area (Å²) in [6.45, 7) is -0.0528. The van der Waals surface area contributed by atoms with Gasteiger partial charge in [0.2, 0.25) is 5.91 Å². The molecule has 0 saturated heterocycles. The van der Waals surface area contributed by atoms with E-state index in [4.69, 9.17) is 0 Å². The molecule has 3 amide bonds. The van der Waals surface area contributed by atoms with Crippen LogP contribution in [-0.4, -0.2) is 34.1 Å². The van der Waals surface area contributed by atoms with Crippen molar-refractivity contribution in [3.05, 3.63) is 68.2 Å². The van der Waals surface area contributed by atoms with Crippen molar-refractivity contribution in [3.63, 3.8) is 0 Å². The van der Waals surface area contributed by atoms with E-state index >= 15 is 0 Å². The molecule has 1 N–H and O–H groups in total. The molecule has 132 valence electrons. The largest absolute Gasteiger partial charge is 0.325 e. The first-order valence-electron chi connectivity index (χ1n) is 7.57. The van der Waals surface area contributed by atoms with Crippen LogP contribution in [0.25, 0.3) is 0 Å². The number of nitrogens with zero attached hydrogens (tertiary/aromatic N) is 2. The maximum absolute atomic E-state index is 12.2. The van der Waals surface area contributed by atoms with Gasteiger partial charge in [-0.1, -0.05) is 12.1 Å². The zero-order valence-corrected chi connectivity index (χ0v) is 14.9. The van der Waals surface area contributed by atoms with Gasteiger partial charge in [0, 0.05) is 29.6 Å². The third-order valence-corrected chi connectivity index (χ3v) is 4.53. The lowest BCUT2D eigenvalue weighted by molar-refractivity contribution is -0.384. The fourth-order valence-corrected chi connectivity index (χ4v) is 3.05. The second-order valence-corrected chi connectivity index (χ2v) is 6.38. The number of fused-ring (bicyclic) bond motifs is 1. The number of nitrogens with one attached hydrogen (secondary N) is 1. The highest BCUT2D eigenvalue weighted by Gasteiger charge is 2.34. The molecule has 0 aromatic heterocycles. The normalized spacial score (nSPS) is 12.9. The van der Waals surface area contributed by atoms with Gasteiger partial charge in [0.25, 0.3) is 17.5 Å². The Morgan fingerprint density at radius 2 is 1.73 bits per heavy atom. The van der Waals surface area contributed by atoms with Crippen LogP contribution >= 0.6 is 15.9 Å². The van der Waals surface area contributed by atoms with Crippen molar-refractivity contribution < 1.29 is 19.3 Å². The van der Waals surface area contributed by atoms with E-state index in [0.717, 1.165) is 4.90 Å². The van der Waals surface area contributed by atoms with Crippen molar-refractivity contribution in [2.24, 2.45) is 0 Å². The van der Waals surface area contributed by atoms with Crippen molar-refractivity contribution in [1.82, 2.24) is 4.90 Å². The van der Waals surface area contributed by atoms with E-state index in [0.29, 0.717) is 21.3 Å². The van der Waals surface area contributed by atoms with Crippen molar-refractivity contribution in [3.8, 4) is 0 Å². The molecule has 0 fully saturated rings. The quantitative estimate of drug-likeness (QED) is 0.456. The first-order chi connectivity index (χ1) is 12.4. The van der Waals surface area contributed by atoms with Crippen LogP contribution in [0.15, 0.2) is 46.9 Å². The topological polar surface area (TPSA) is 110 Å².